The van der Waals surface area contributed by atoms with Gasteiger partial charge in [0.25, 0.3) is 0 Å². The summed E-state index contributed by atoms with van der Waals surface area (Å²) in [6.45, 7) is 4.40. The summed E-state index contributed by atoms with van der Waals surface area (Å²) in [7, 11) is 0. The van der Waals surface area contributed by atoms with Crippen molar-refractivity contribution >= 4 is 27.5 Å². The van der Waals surface area contributed by atoms with Crippen molar-refractivity contribution in [3.63, 3.8) is 0 Å². The molecule has 11 heteroatoms. The number of imidazole rings is 1. The summed E-state index contributed by atoms with van der Waals surface area (Å²) in [4.78, 5) is 21.0. The first-order valence-corrected chi connectivity index (χ1v) is 12.4. The zero-order valence-corrected chi connectivity index (χ0v) is 21.3. The average Bonchev–Trinajstić information content (AvgIpc) is 3.38. The number of anilines is 1. The molecule has 1 saturated heterocycles. The molecule has 2 N–H and O–H groups in total. The molecular formula is C26H24BrF3N4O3. The van der Waals surface area contributed by atoms with Gasteiger partial charge in [-0.1, -0.05) is 27.9 Å². The van der Waals surface area contributed by atoms with E-state index in [0.717, 1.165) is 36.7 Å². The van der Waals surface area contributed by atoms with Crippen LogP contribution in [-0.2, 0) is 15.7 Å². The smallest absolute Gasteiger partial charge is 0.432 e. The number of carbonyl (C=O) groups excluding carboxylic acids is 1. The molecule has 0 radical (unpaired) electrons. The van der Waals surface area contributed by atoms with E-state index in [1.807, 2.05) is 6.07 Å². The largest absolute Gasteiger partial charge is 0.491 e. The molecular weight excluding hydrogens is 553 g/mol. The normalized spacial score (nSPS) is 14.1. The first-order valence-electron chi connectivity index (χ1n) is 11.6. The van der Waals surface area contributed by atoms with Crippen LogP contribution in [0.3, 0.4) is 0 Å². The summed E-state index contributed by atoms with van der Waals surface area (Å²) in [5.41, 5.74) is 0.318. The number of benzene rings is 2. The molecule has 0 saturated carbocycles. The number of hydrogen-bond acceptors (Lipinski definition) is 5. The number of nitrogens with one attached hydrogen (secondary N) is 2. The standard InChI is InChI=1S/C26H24BrF3N4O3/c27-20-4-1-3-18(15-20)5-8-24(35)32-21-16-19(25-31-17-23(33-25)26(28,29)30)6-7-22(21)37-12-2-9-34-10-13-36-14-11-34/h1,3-4,6-7,15-17H,2,9-14H2,(H,31,33)(H,32,35). The van der Waals surface area contributed by atoms with Crippen molar-refractivity contribution in [1.82, 2.24) is 14.9 Å². The minimum Gasteiger partial charge on any atom is -0.491 e. The van der Waals surface area contributed by atoms with Gasteiger partial charge in [0, 0.05) is 41.2 Å². The van der Waals surface area contributed by atoms with Gasteiger partial charge in [-0.15, -0.1) is 0 Å². The fourth-order valence-electron chi connectivity index (χ4n) is 3.66. The average molecular weight is 577 g/mol. The quantitative estimate of drug-likeness (QED) is 0.307. The minimum absolute atomic E-state index is 0.0157. The Morgan fingerprint density at radius 3 is 2.76 bits per heavy atom. The maximum absolute atomic E-state index is 13.0. The molecule has 0 bridgehead atoms. The number of halogens is 4. The Kier molecular flexibility index (Phi) is 8.87. The van der Waals surface area contributed by atoms with Crippen LogP contribution in [0.25, 0.3) is 11.4 Å². The fraction of sp³-hybridized carbons (Fsp3) is 0.308. The van der Waals surface area contributed by atoms with Crippen molar-refractivity contribution in [2.75, 3.05) is 44.8 Å². The lowest BCUT2D eigenvalue weighted by molar-refractivity contribution is -0.140. The molecule has 2 aromatic carbocycles. The van der Waals surface area contributed by atoms with Crippen LogP contribution in [-0.4, -0.2) is 60.2 Å². The molecule has 1 aliphatic rings. The van der Waals surface area contributed by atoms with Gasteiger partial charge in [-0.25, -0.2) is 4.98 Å². The lowest BCUT2D eigenvalue weighted by atomic mass is 10.1. The van der Waals surface area contributed by atoms with E-state index in [9.17, 15) is 18.0 Å². The third-order valence-electron chi connectivity index (χ3n) is 5.51. The zero-order chi connectivity index (χ0) is 26.3. The Morgan fingerprint density at radius 1 is 1.22 bits per heavy atom. The second kappa shape index (κ2) is 12.3. The zero-order valence-electron chi connectivity index (χ0n) is 19.7. The monoisotopic (exact) mass is 576 g/mol. The van der Waals surface area contributed by atoms with Crippen LogP contribution in [0.4, 0.5) is 18.9 Å². The van der Waals surface area contributed by atoms with E-state index < -0.39 is 17.8 Å². The maximum Gasteiger partial charge on any atom is 0.432 e. The Morgan fingerprint density at radius 2 is 2.03 bits per heavy atom. The predicted octanol–water partition coefficient (Wildman–Crippen LogP) is 4.95. The number of ether oxygens (including phenoxy) is 2. The van der Waals surface area contributed by atoms with Crippen LogP contribution < -0.4 is 10.1 Å². The summed E-state index contributed by atoms with van der Waals surface area (Å²) in [5, 5.41) is 2.69. The van der Waals surface area contributed by atoms with E-state index in [1.54, 1.807) is 30.3 Å². The van der Waals surface area contributed by atoms with Gasteiger partial charge >= 0.3 is 12.1 Å². The number of hydrogen-bond donors (Lipinski definition) is 2. The lowest BCUT2D eigenvalue weighted by Gasteiger charge is -2.26. The first-order chi connectivity index (χ1) is 17.8. The highest BCUT2D eigenvalue weighted by molar-refractivity contribution is 9.10. The first kappa shape index (κ1) is 26.7. The van der Waals surface area contributed by atoms with E-state index in [4.69, 9.17) is 9.47 Å². The van der Waals surface area contributed by atoms with Gasteiger partial charge < -0.3 is 19.8 Å². The molecule has 0 unspecified atom stereocenters. The minimum atomic E-state index is -4.55. The number of amides is 1. The van der Waals surface area contributed by atoms with E-state index in [0.29, 0.717) is 36.7 Å². The van der Waals surface area contributed by atoms with Gasteiger partial charge in [-0.3, -0.25) is 9.69 Å². The number of carbonyl (C=O) groups is 1. The molecule has 1 aromatic heterocycles. The predicted molar refractivity (Wildman–Crippen MR) is 136 cm³/mol. The topological polar surface area (TPSA) is 79.5 Å². The number of aromatic nitrogens is 2. The molecule has 7 nitrogen and oxygen atoms in total. The third-order valence-corrected chi connectivity index (χ3v) is 6.00. The Labute approximate surface area is 220 Å². The summed E-state index contributed by atoms with van der Waals surface area (Å²) in [6, 6.07) is 11.9. The molecule has 1 aliphatic heterocycles. The molecule has 1 amide bonds. The Bertz CT molecular complexity index is 1290. The van der Waals surface area contributed by atoms with Crippen LogP contribution in [0.2, 0.25) is 0 Å². The van der Waals surface area contributed by atoms with Crippen LogP contribution in [0.5, 0.6) is 5.75 Å². The summed E-state index contributed by atoms with van der Waals surface area (Å²) in [6.07, 6.45) is -3.06. The molecule has 0 spiro atoms. The van der Waals surface area contributed by atoms with E-state index in [-0.39, 0.29) is 11.5 Å². The van der Waals surface area contributed by atoms with Gasteiger partial charge in [0.15, 0.2) is 0 Å². The lowest BCUT2D eigenvalue weighted by Crippen LogP contribution is -2.37. The van der Waals surface area contributed by atoms with Crippen molar-refractivity contribution in [1.29, 1.82) is 0 Å². The van der Waals surface area contributed by atoms with E-state index in [1.165, 1.54) is 6.07 Å². The highest BCUT2D eigenvalue weighted by Crippen LogP contribution is 2.33. The number of aromatic amines is 1. The third kappa shape index (κ3) is 7.82. The van der Waals surface area contributed by atoms with Crippen molar-refractivity contribution in [3.05, 3.63) is 64.4 Å². The molecule has 3 aromatic rings. The van der Waals surface area contributed by atoms with E-state index in [2.05, 4.69) is 48.0 Å². The van der Waals surface area contributed by atoms with Crippen molar-refractivity contribution in [2.24, 2.45) is 0 Å². The van der Waals surface area contributed by atoms with Gasteiger partial charge in [0.2, 0.25) is 0 Å². The van der Waals surface area contributed by atoms with Gasteiger partial charge in [-0.2, -0.15) is 13.2 Å². The van der Waals surface area contributed by atoms with Gasteiger partial charge in [0.1, 0.15) is 17.3 Å². The number of nitrogens with zero attached hydrogens (tertiary/aromatic N) is 2. The van der Waals surface area contributed by atoms with Crippen LogP contribution in [0.1, 0.15) is 17.7 Å². The second-order valence-corrected chi connectivity index (χ2v) is 9.14. The van der Waals surface area contributed by atoms with Crippen LogP contribution >= 0.6 is 15.9 Å². The summed E-state index contributed by atoms with van der Waals surface area (Å²) < 4.78 is 51.1. The van der Waals surface area contributed by atoms with Crippen molar-refractivity contribution < 1.29 is 27.4 Å². The maximum atomic E-state index is 13.0. The highest BCUT2D eigenvalue weighted by Gasteiger charge is 2.33. The van der Waals surface area contributed by atoms with Crippen molar-refractivity contribution in [2.45, 2.75) is 12.6 Å². The second-order valence-electron chi connectivity index (χ2n) is 8.22. The number of morpholine rings is 1. The van der Waals surface area contributed by atoms with Crippen molar-refractivity contribution in [3.8, 4) is 29.0 Å². The molecule has 194 valence electrons. The molecule has 1 fully saturated rings. The van der Waals surface area contributed by atoms with Crippen LogP contribution in [0, 0.1) is 11.8 Å². The number of rotatable bonds is 7. The highest BCUT2D eigenvalue weighted by atomic mass is 79.9. The molecule has 0 atom stereocenters. The Balaban J connectivity index is 1.50. The number of alkyl halides is 3. The molecule has 0 aliphatic carbocycles. The molecule has 4 rings (SSSR count). The van der Waals surface area contributed by atoms with Gasteiger partial charge in [0.05, 0.1) is 31.7 Å². The fourth-order valence-corrected chi connectivity index (χ4v) is 4.06. The summed E-state index contributed by atoms with van der Waals surface area (Å²) in [5.74, 6) is 5.12. The molecule has 37 heavy (non-hydrogen) atoms. The molecule has 2 heterocycles. The van der Waals surface area contributed by atoms with Crippen LogP contribution in [0.15, 0.2) is 53.1 Å². The Hall–Kier alpha value is -3.33. The number of H-pyrrole nitrogens is 1. The van der Waals surface area contributed by atoms with E-state index >= 15 is 0 Å². The summed E-state index contributed by atoms with van der Waals surface area (Å²) >= 11 is 3.36. The SMILES string of the molecule is O=C(C#Cc1cccc(Br)c1)Nc1cc(-c2ncc(C(F)(F)F)[nH]2)ccc1OCCCN1CCOCC1. The van der Waals surface area contributed by atoms with Gasteiger partial charge in [-0.05, 0) is 42.8 Å².